The summed E-state index contributed by atoms with van der Waals surface area (Å²) < 4.78 is 19.3. The second-order valence-electron chi connectivity index (χ2n) is 4.47. The van der Waals surface area contributed by atoms with Crippen molar-refractivity contribution < 1.29 is 9.13 Å². The molecule has 0 unspecified atom stereocenters. The lowest BCUT2D eigenvalue weighted by molar-refractivity contribution is 0.0712. The fourth-order valence-electron chi connectivity index (χ4n) is 1.77. The van der Waals surface area contributed by atoms with E-state index in [-0.39, 0.29) is 6.73 Å². The van der Waals surface area contributed by atoms with Crippen LogP contribution in [0.5, 0.6) is 0 Å². The van der Waals surface area contributed by atoms with E-state index in [9.17, 15) is 14.0 Å². The van der Waals surface area contributed by atoms with E-state index in [4.69, 9.17) is 16.3 Å². The first-order chi connectivity index (χ1) is 10.1. The van der Waals surface area contributed by atoms with Crippen LogP contribution in [0.3, 0.4) is 0 Å². The molecule has 0 aliphatic carbocycles. The number of hydrogen-bond donors (Lipinski definition) is 1. The molecule has 112 valence electrons. The molecule has 0 atom stereocenters. The lowest BCUT2D eigenvalue weighted by atomic mass is 10.1. The fraction of sp³-hybridized carbons (Fsp3) is 0.286. The van der Waals surface area contributed by atoms with Crippen molar-refractivity contribution in [2.75, 3.05) is 6.61 Å². The minimum absolute atomic E-state index is 0.104. The number of aromatic nitrogens is 2. The SMILES string of the molecule is O=c1[nH]c(=O)n(COCCCc2ccc(Cl)cc2)cc1F. The van der Waals surface area contributed by atoms with E-state index in [1.807, 2.05) is 29.2 Å². The van der Waals surface area contributed by atoms with E-state index in [2.05, 4.69) is 0 Å². The molecule has 0 spiro atoms. The molecule has 1 heterocycles. The first-order valence-electron chi connectivity index (χ1n) is 6.38. The monoisotopic (exact) mass is 312 g/mol. The maximum Gasteiger partial charge on any atom is 0.330 e. The smallest absolute Gasteiger partial charge is 0.330 e. The van der Waals surface area contributed by atoms with Gasteiger partial charge in [-0.2, -0.15) is 4.39 Å². The van der Waals surface area contributed by atoms with E-state index in [1.54, 1.807) is 0 Å². The van der Waals surface area contributed by atoms with Gasteiger partial charge in [-0.1, -0.05) is 23.7 Å². The first kappa shape index (κ1) is 15.5. The van der Waals surface area contributed by atoms with Crippen LogP contribution in [-0.4, -0.2) is 16.2 Å². The highest BCUT2D eigenvalue weighted by Gasteiger charge is 2.03. The second kappa shape index (κ2) is 7.19. The molecule has 0 radical (unpaired) electrons. The molecule has 1 aromatic carbocycles. The van der Waals surface area contributed by atoms with Crippen molar-refractivity contribution >= 4 is 11.6 Å². The van der Waals surface area contributed by atoms with E-state index < -0.39 is 17.1 Å². The number of aryl methyl sites for hydroxylation is 1. The number of aromatic amines is 1. The van der Waals surface area contributed by atoms with Gasteiger partial charge in [0.2, 0.25) is 5.82 Å². The molecule has 0 bridgehead atoms. The van der Waals surface area contributed by atoms with E-state index >= 15 is 0 Å². The van der Waals surface area contributed by atoms with Crippen molar-refractivity contribution in [2.45, 2.75) is 19.6 Å². The van der Waals surface area contributed by atoms with Gasteiger partial charge in [-0.05, 0) is 30.5 Å². The molecule has 2 rings (SSSR count). The average molecular weight is 313 g/mol. The third-order valence-corrected chi connectivity index (χ3v) is 3.12. The quantitative estimate of drug-likeness (QED) is 0.829. The lowest BCUT2D eigenvalue weighted by Crippen LogP contribution is -2.32. The third-order valence-electron chi connectivity index (χ3n) is 2.87. The van der Waals surface area contributed by atoms with Gasteiger partial charge in [0.1, 0.15) is 6.73 Å². The number of halogens is 2. The molecule has 1 aromatic heterocycles. The predicted molar refractivity (Wildman–Crippen MR) is 77.0 cm³/mol. The summed E-state index contributed by atoms with van der Waals surface area (Å²) in [6, 6.07) is 7.51. The zero-order chi connectivity index (χ0) is 15.2. The van der Waals surface area contributed by atoms with Crippen LogP contribution < -0.4 is 11.2 Å². The summed E-state index contributed by atoms with van der Waals surface area (Å²) in [4.78, 5) is 24.1. The van der Waals surface area contributed by atoms with Crippen molar-refractivity contribution in [3.8, 4) is 0 Å². The largest absolute Gasteiger partial charge is 0.361 e. The summed E-state index contributed by atoms with van der Waals surface area (Å²) >= 11 is 5.79. The van der Waals surface area contributed by atoms with Crippen molar-refractivity contribution in [1.82, 2.24) is 9.55 Å². The Labute approximate surface area is 125 Å². The van der Waals surface area contributed by atoms with Gasteiger partial charge in [-0.15, -0.1) is 0 Å². The van der Waals surface area contributed by atoms with E-state index in [0.29, 0.717) is 11.6 Å². The molecule has 0 aliphatic rings. The predicted octanol–water partition coefficient (Wildman–Crippen LogP) is 1.94. The molecule has 0 saturated carbocycles. The molecule has 7 heteroatoms. The summed E-state index contributed by atoms with van der Waals surface area (Å²) in [5, 5.41) is 0.689. The number of nitrogens with one attached hydrogen (secondary N) is 1. The van der Waals surface area contributed by atoms with Gasteiger partial charge in [0.05, 0.1) is 6.20 Å². The highest BCUT2D eigenvalue weighted by molar-refractivity contribution is 6.30. The van der Waals surface area contributed by atoms with E-state index in [0.717, 1.165) is 29.2 Å². The van der Waals surface area contributed by atoms with Crippen LogP contribution in [-0.2, 0) is 17.9 Å². The molecule has 1 N–H and O–H groups in total. The zero-order valence-corrected chi connectivity index (χ0v) is 11.9. The number of H-pyrrole nitrogens is 1. The van der Waals surface area contributed by atoms with Gasteiger partial charge in [-0.25, -0.2) is 4.79 Å². The van der Waals surface area contributed by atoms with Crippen LogP contribution in [0.1, 0.15) is 12.0 Å². The first-order valence-corrected chi connectivity index (χ1v) is 6.75. The number of benzene rings is 1. The van der Waals surface area contributed by atoms with Crippen molar-refractivity contribution in [3.63, 3.8) is 0 Å². The maximum atomic E-state index is 13.0. The Bertz CT molecular complexity index is 709. The van der Waals surface area contributed by atoms with Crippen LogP contribution in [0.25, 0.3) is 0 Å². The summed E-state index contributed by atoms with van der Waals surface area (Å²) in [5.74, 6) is -1.01. The lowest BCUT2D eigenvalue weighted by Gasteiger charge is -2.06. The molecule has 21 heavy (non-hydrogen) atoms. The van der Waals surface area contributed by atoms with Crippen LogP contribution in [0.4, 0.5) is 4.39 Å². The van der Waals surface area contributed by atoms with E-state index in [1.165, 1.54) is 0 Å². The van der Waals surface area contributed by atoms with Gasteiger partial charge in [0.25, 0.3) is 5.56 Å². The molecule has 2 aromatic rings. The Morgan fingerprint density at radius 2 is 1.95 bits per heavy atom. The summed E-state index contributed by atoms with van der Waals surface area (Å²) in [7, 11) is 0. The van der Waals surface area contributed by atoms with Gasteiger partial charge in [-0.3, -0.25) is 14.3 Å². The second-order valence-corrected chi connectivity index (χ2v) is 4.91. The van der Waals surface area contributed by atoms with Crippen molar-refractivity contribution in [3.05, 3.63) is 67.7 Å². The zero-order valence-electron chi connectivity index (χ0n) is 11.1. The Balaban J connectivity index is 1.77. The van der Waals surface area contributed by atoms with Gasteiger partial charge in [0.15, 0.2) is 0 Å². The highest BCUT2D eigenvalue weighted by Crippen LogP contribution is 2.10. The maximum absolute atomic E-state index is 13.0. The van der Waals surface area contributed by atoms with Crippen LogP contribution in [0.15, 0.2) is 40.1 Å². The van der Waals surface area contributed by atoms with Crippen LogP contribution in [0.2, 0.25) is 5.02 Å². The van der Waals surface area contributed by atoms with Crippen LogP contribution in [0, 0.1) is 5.82 Å². The Morgan fingerprint density at radius 3 is 2.67 bits per heavy atom. The molecular weight excluding hydrogens is 299 g/mol. The molecule has 0 saturated heterocycles. The number of ether oxygens (including phenoxy) is 1. The van der Waals surface area contributed by atoms with Gasteiger partial charge in [0, 0.05) is 11.6 Å². The minimum atomic E-state index is -1.03. The fourth-order valence-corrected chi connectivity index (χ4v) is 1.90. The Hall–Kier alpha value is -1.92. The number of rotatable bonds is 6. The normalized spacial score (nSPS) is 10.8. The minimum Gasteiger partial charge on any atom is -0.361 e. The topological polar surface area (TPSA) is 64.1 Å². The molecule has 0 fully saturated rings. The van der Waals surface area contributed by atoms with Gasteiger partial charge < -0.3 is 4.74 Å². The Kier molecular flexibility index (Phi) is 5.30. The molecule has 0 aliphatic heterocycles. The number of hydrogen-bond acceptors (Lipinski definition) is 3. The summed E-state index contributed by atoms with van der Waals surface area (Å²) in [5.41, 5.74) is -0.589. The van der Waals surface area contributed by atoms with Gasteiger partial charge >= 0.3 is 5.69 Å². The molecule has 0 amide bonds. The molecule has 5 nitrogen and oxygen atoms in total. The summed E-state index contributed by atoms with van der Waals surface area (Å²) in [6.45, 7) is 0.308. The summed E-state index contributed by atoms with van der Waals surface area (Å²) in [6.07, 6.45) is 2.40. The van der Waals surface area contributed by atoms with Crippen LogP contribution >= 0.6 is 11.6 Å². The highest BCUT2D eigenvalue weighted by atomic mass is 35.5. The average Bonchev–Trinajstić information content (AvgIpc) is 2.46. The van der Waals surface area contributed by atoms with Crippen molar-refractivity contribution in [2.24, 2.45) is 0 Å². The van der Waals surface area contributed by atoms with Crippen molar-refractivity contribution in [1.29, 1.82) is 0 Å². The third kappa shape index (κ3) is 4.54. The standard InChI is InChI=1S/C14H14ClFN2O3/c15-11-5-3-10(4-6-11)2-1-7-21-9-18-8-12(16)13(19)17-14(18)20/h3-6,8H,1-2,7,9H2,(H,17,19,20). The molecular formula is C14H14ClFN2O3. The number of nitrogens with zero attached hydrogens (tertiary/aromatic N) is 1. The Morgan fingerprint density at radius 1 is 1.24 bits per heavy atom.